The summed E-state index contributed by atoms with van der Waals surface area (Å²) in [5.74, 6) is 0.0710. The van der Waals surface area contributed by atoms with E-state index in [1.165, 1.54) is 5.56 Å². The molecule has 0 aliphatic carbocycles. The van der Waals surface area contributed by atoms with Crippen molar-refractivity contribution in [2.45, 2.75) is 19.8 Å². The molecule has 14 heavy (non-hydrogen) atoms. The molecule has 1 aromatic rings. The molecular formula is C11H14N2O. The summed E-state index contributed by atoms with van der Waals surface area (Å²) in [5.41, 5.74) is 5.49. The van der Waals surface area contributed by atoms with E-state index in [1.807, 2.05) is 18.2 Å². The Morgan fingerprint density at radius 2 is 2.21 bits per heavy atom. The minimum absolute atomic E-state index is 0.0710. The first-order valence-corrected chi connectivity index (χ1v) is 4.90. The highest BCUT2D eigenvalue weighted by Crippen LogP contribution is 2.20. The number of amides is 1. The third kappa shape index (κ3) is 1.71. The van der Waals surface area contributed by atoms with Gasteiger partial charge in [-0.25, -0.2) is 0 Å². The lowest BCUT2D eigenvalue weighted by molar-refractivity contribution is -0.127. The number of nitrogens with zero attached hydrogens (tertiary/aromatic N) is 1. The van der Waals surface area contributed by atoms with Crippen molar-refractivity contribution >= 4 is 11.6 Å². The Hall–Kier alpha value is -1.51. The molecule has 0 bridgehead atoms. The molecule has 0 saturated heterocycles. The van der Waals surface area contributed by atoms with Gasteiger partial charge in [0.05, 0.1) is 5.69 Å². The van der Waals surface area contributed by atoms with Crippen LogP contribution in [0.25, 0.3) is 0 Å². The predicted molar refractivity (Wildman–Crippen MR) is 55.8 cm³/mol. The van der Waals surface area contributed by atoms with Crippen LogP contribution in [0.15, 0.2) is 24.3 Å². The summed E-state index contributed by atoms with van der Waals surface area (Å²) < 4.78 is 0. The van der Waals surface area contributed by atoms with Gasteiger partial charge in [0.2, 0.25) is 5.91 Å². The van der Waals surface area contributed by atoms with Crippen molar-refractivity contribution < 1.29 is 4.79 Å². The van der Waals surface area contributed by atoms with E-state index in [1.54, 1.807) is 11.9 Å². The maximum absolute atomic E-state index is 11.2. The largest absolute Gasteiger partial charge is 0.296 e. The molecule has 0 spiro atoms. The van der Waals surface area contributed by atoms with E-state index >= 15 is 0 Å². The topological polar surface area (TPSA) is 32.3 Å². The molecule has 3 nitrogen and oxygen atoms in total. The summed E-state index contributed by atoms with van der Waals surface area (Å²) in [6, 6.07) is 8.13. The van der Waals surface area contributed by atoms with Crippen LogP contribution in [0.2, 0.25) is 0 Å². The Bertz CT molecular complexity index is 349. The van der Waals surface area contributed by atoms with E-state index in [4.69, 9.17) is 0 Å². The van der Waals surface area contributed by atoms with Gasteiger partial charge in [-0.2, -0.15) is 0 Å². The number of hydrogen-bond acceptors (Lipinski definition) is 2. The predicted octanol–water partition coefficient (Wildman–Crippen LogP) is 1.81. The second-order valence-corrected chi connectivity index (χ2v) is 3.54. The fourth-order valence-electron chi connectivity index (χ4n) is 1.71. The summed E-state index contributed by atoms with van der Waals surface area (Å²) in [6.45, 7) is 2.37. The number of para-hydroxylation sites is 1. The van der Waals surface area contributed by atoms with Gasteiger partial charge in [-0.3, -0.25) is 15.2 Å². The van der Waals surface area contributed by atoms with Crippen LogP contribution in [0.4, 0.5) is 5.69 Å². The van der Waals surface area contributed by atoms with Crippen molar-refractivity contribution in [1.82, 2.24) is 5.01 Å². The fraction of sp³-hybridized carbons (Fsp3) is 0.364. The first kappa shape index (κ1) is 9.06. The summed E-state index contributed by atoms with van der Waals surface area (Å²) in [6.07, 6.45) is 2.05. The zero-order valence-electron chi connectivity index (χ0n) is 8.29. The Labute approximate surface area is 83.7 Å². The summed E-state index contributed by atoms with van der Waals surface area (Å²) in [5, 5.41) is 1.67. The SMILES string of the molecule is CC(=O)N1CCCc2ccccc2N1. The van der Waals surface area contributed by atoms with Gasteiger partial charge in [0.1, 0.15) is 0 Å². The van der Waals surface area contributed by atoms with E-state index in [-0.39, 0.29) is 5.91 Å². The number of benzene rings is 1. The Morgan fingerprint density at radius 1 is 1.43 bits per heavy atom. The van der Waals surface area contributed by atoms with Gasteiger partial charge < -0.3 is 0 Å². The Morgan fingerprint density at radius 3 is 3.00 bits per heavy atom. The fourth-order valence-corrected chi connectivity index (χ4v) is 1.71. The summed E-state index contributed by atoms with van der Waals surface area (Å²) >= 11 is 0. The molecule has 0 saturated carbocycles. The van der Waals surface area contributed by atoms with Crippen molar-refractivity contribution in [2.75, 3.05) is 12.0 Å². The average Bonchev–Trinajstić information content (AvgIpc) is 2.39. The third-order valence-corrected chi connectivity index (χ3v) is 2.48. The van der Waals surface area contributed by atoms with Crippen LogP contribution < -0.4 is 5.43 Å². The minimum Gasteiger partial charge on any atom is -0.296 e. The molecule has 1 aliphatic heterocycles. The maximum atomic E-state index is 11.2. The second-order valence-electron chi connectivity index (χ2n) is 3.54. The van der Waals surface area contributed by atoms with E-state index in [0.717, 1.165) is 25.1 Å². The van der Waals surface area contributed by atoms with Crippen LogP contribution in [0.5, 0.6) is 0 Å². The van der Waals surface area contributed by atoms with Crippen molar-refractivity contribution in [3.8, 4) is 0 Å². The number of anilines is 1. The molecule has 1 aliphatic rings. The minimum atomic E-state index is 0.0710. The van der Waals surface area contributed by atoms with Gasteiger partial charge in [-0.1, -0.05) is 18.2 Å². The van der Waals surface area contributed by atoms with Crippen LogP contribution >= 0.6 is 0 Å². The monoisotopic (exact) mass is 190 g/mol. The number of hydrogen-bond donors (Lipinski definition) is 1. The van der Waals surface area contributed by atoms with Gasteiger partial charge in [-0.15, -0.1) is 0 Å². The average molecular weight is 190 g/mol. The molecule has 0 aromatic heterocycles. The van der Waals surface area contributed by atoms with Crippen LogP contribution in [-0.4, -0.2) is 17.5 Å². The number of carbonyl (C=O) groups excluding carboxylic acids is 1. The summed E-state index contributed by atoms with van der Waals surface area (Å²) in [4.78, 5) is 11.2. The lowest BCUT2D eigenvalue weighted by Crippen LogP contribution is -2.34. The standard InChI is InChI=1S/C11H14N2O/c1-9(14)13-8-4-6-10-5-2-3-7-11(10)12-13/h2-3,5,7,12H,4,6,8H2,1H3. The quantitative estimate of drug-likeness (QED) is 0.676. The highest BCUT2D eigenvalue weighted by Gasteiger charge is 2.14. The first-order valence-electron chi connectivity index (χ1n) is 4.90. The molecule has 0 fully saturated rings. The Kier molecular flexibility index (Phi) is 2.39. The van der Waals surface area contributed by atoms with Crippen molar-refractivity contribution in [2.24, 2.45) is 0 Å². The van der Waals surface area contributed by atoms with E-state index in [0.29, 0.717) is 0 Å². The number of rotatable bonds is 0. The lowest BCUT2D eigenvalue weighted by Gasteiger charge is -2.20. The number of fused-ring (bicyclic) bond motifs is 1. The smallest absolute Gasteiger partial charge is 0.237 e. The maximum Gasteiger partial charge on any atom is 0.237 e. The number of hydrazine groups is 1. The molecule has 1 heterocycles. The molecule has 1 aromatic carbocycles. The molecule has 0 unspecified atom stereocenters. The third-order valence-electron chi connectivity index (χ3n) is 2.48. The molecule has 0 radical (unpaired) electrons. The highest BCUT2D eigenvalue weighted by molar-refractivity contribution is 5.75. The van der Waals surface area contributed by atoms with Crippen LogP contribution in [0, 0.1) is 0 Å². The lowest BCUT2D eigenvalue weighted by atomic mass is 10.1. The van der Waals surface area contributed by atoms with Crippen LogP contribution in [0.3, 0.4) is 0 Å². The zero-order valence-corrected chi connectivity index (χ0v) is 8.29. The second kappa shape index (κ2) is 3.70. The molecule has 3 heteroatoms. The van der Waals surface area contributed by atoms with Crippen molar-refractivity contribution in [3.63, 3.8) is 0 Å². The van der Waals surface area contributed by atoms with E-state index < -0.39 is 0 Å². The highest BCUT2D eigenvalue weighted by atomic mass is 16.2. The first-order chi connectivity index (χ1) is 6.77. The zero-order chi connectivity index (χ0) is 9.97. The number of nitrogens with one attached hydrogen (secondary N) is 1. The van der Waals surface area contributed by atoms with Gasteiger partial charge in [0.15, 0.2) is 0 Å². The van der Waals surface area contributed by atoms with Gasteiger partial charge >= 0.3 is 0 Å². The molecule has 2 rings (SSSR count). The molecular weight excluding hydrogens is 176 g/mol. The van der Waals surface area contributed by atoms with Gasteiger partial charge in [0.25, 0.3) is 0 Å². The number of aryl methyl sites for hydroxylation is 1. The molecule has 1 amide bonds. The van der Waals surface area contributed by atoms with Crippen LogP contribution in [0.1, 0.15) is 18.9 Å². The van der Waals surface area contributed by atoms with Crippen molar-refractivity contribution in [3.05, 3.63) is 29.8 Å². The number of carbonyl (C=O) groups is 1. The molecule has 74 valence electrons. The van der Waals surface area contributed by atoms with Gasteiger partial charge in [-0.05, 0) is 24.5 Å². The summed E-state index contributed by atoms with van der Waals surface area (Å²) in [7, 11) is 0. The van der Waals surface area contributed by atoms with Crippen LogP contribution in [-0.2, 0) is 11.2 Å². The normalized spacial score (nSPS) is 15.4. The molecule has 0 atom stereocenters. The van der Waals surface area contributed by atoms with E-state index in [2.05, 4.69) is 11.5 Å². The van der Waals surface area contributed by atoms with E-state index in [9.17, 15) is 4.79 Å². The van der Waals surface area contributed by atoms with Gasteiger partial charge in [0, 0.05) is 13.5 Å². The van der Waals surface area contributed by atoms with Crippen molar-refractivity contribution in [1.29, 1.82) is 0 Å². The Balaban J connectivity index is 2.26. The molecule has 1 N–H and O–H groups in total.